The van der Waals surface area contributed by atoms with Gasteiger partial charge in [0, 0.05) is 6.10 Å². The van der Waals surface area contributed by atoms with Gasteiger partial charge in [-0.3, -0.25) is 0 Å². The van der Waals surface area contributed by atoms with Crippen molar-refractivity contribution in [3.8, 4) is 0 Å². The molecule has 19 heavy (non-hydrogen) atoms. The summed E-state index contributed by atoms with van der Waals surface area (Å²) in [5, 5.41) is 0. The molecule has 98 valence electrons. The van der Waals surface area contributed by atoms with Crippen LogP contribution in [0.1, 0.15) is 25.0 Å². The molecule has 1 nitrogen and oxygen atoms in total. The van der Waals surface area contributed by atoms with Gasteiger partial charge in [-0.2, -0.15) is 0 Å². The fourth-order valence-corrected chi connectivity index (χ4v) is 3.08. The summed E-state index contributed by atoms with van der Waals surface area (Å²) in [5.41, 5.74) is 6.10. The van der Waals surface area contributed by atoms with Gasteiger partial charge in [0.1, 0.15) is 0 Å². The topological polar surface area (TPSA) is 9.23 Å². The summed E-state index contributed by atoms with van der Waals surface area (Å²) in [6.07, 6.45) is 0.315. The van der Waals surface area contributed by atoms with E-state index in [1.807, 2.05) is 12.1 Å². The first-order valence-electron chi connectivity index (χ1n) is 6.70. The summed E-state index contributed by atoms with van der Waals surface area (Å²) in [5.74, 6) is 0. The van der Waals surface area contributed by atoms with Crippen LogP contribution in [0.4, 0.5) is 0 Å². The maximum Gasteiger partial charge on any atom is 0.186 e. The number of hydrogen-bond donors (Lipinski definition) is 0. The zero-order valence-electron chi connectivity index (χ0n) is 11.5. The van der Waals surface area contributed by atoms with E-state index in [0.717, 1.165) is 0 Å². The Bertz CT molecular complexity index is 476. The van der Waals surface area contributed by atoms with Crippen molar-refractivity contribution in [3.63, 3.8) is 0 Å². The van der Waals surface area contributed by atoms with Crippen molar-refractivity contribution in [1.29, 1.82) is 0 Å². The van der Waals surface area contributed by atoms with Crippen molar-refractivity contribution >= 4 is 15.3 Å². The van der Waals surface area contributed by atoms with Gasteiger partial charge in [-0.1, -0.05) is 66.4 Å². The average molecular weight is 268 g/mol. The summed E-state index contributed by atoms with van der Waals surface area (Å²) >= 11 is 0. The molecule has 2 rings (SSSR count). The zero-order chi connectivity index (χ0) is 13.5. The lowest BCUT2D eigenvalue weighted by molar-refractivity contribution is 0.260. The highest BCUT2D eigenvalue weighted by molar-refractivity contribution is 6.37. The molecule has 0 atom stereocenters. The number of rotatable bonds is 5. The quantitative estimate of drug-likeness (QED) is 0.753. The molecule has 0 aliphatic carbocycles. The molecule has 0 fully saturated rings. The Morgan fingerprint density at radius 2 is 1.37 bits per heavy atom. The molecule has 0 amide bonds. The van der Waals surface area contributed by atoms with E-state index in [4.69, 9.17) is 4.43 Å². The summed E-state index contributed by atoms with van der Waals surface area (Å²) in [4.78, 5) is 0. The molecule has 0 saturated carbocycles. The van der Waals surface area contributed by atoms with Gasteiger partial charge in [0.05, 0.1) is 0 Å². The Labute approximate surface area is 117 Å². The Morgan fingerprint density at radius 3 is 1.79 bits per heavy atom. The molecule has 0 aliphatic rings. The van der Waals surface area contributed by atoms with Gasteiger partial charge in [0.2, 0.25) is 0 Å². The lowest BCUT2D eigenvalue weighted by Crippen LogP contribution is -2.05. The van der Waals surface area contributed by atoms with Gasteiger partial charge in [0.15, 0.2) is 9.76 Å². The molecule has 0 N–H and O–H groups in total. The third kappa shape index (κ3) is 4.19. The maximum absolute atomic E-state index is 5.78. The van der Waals surface area contributed by atoms with Gasteiger partial charge >= 0.3 is 0 Å². The van der Waals surface area contributed by atoms with Crippen molar-refractivity contribution in [2.75, 3.05) is 0 Å². The Balaban J connectivity index is 2.29. The average Bonchev–Trinajstić information content (AvgIpc) is 2.45. The second-order valence-electron chi connectivity index (χ2n) is 4.73. The van der Waals surface area contributed by atoms with E-state index >= 15 is 0 Å². The van der Waals surface area contributed by atoms with Crippen LogP contribution in [-0.4, -0.2) is 15.9 Å². The van der Waals surface area contributed by atoms with Gasteiger partial charge in [-0.15, -0.1) is 0 Å². The molecule has 0 radical (unpaired) electrons. The molecule has 0 spiro atoms. The van der Waals surface area contributed by atoms with E-state index in [-0.39, 0.29) is 0 Å². The number of benzene rings is 2. The minimum absolute atomic E-state index is 0.315. The summed E-state index contributed by atoms with van der Waals surface area (Å²) in [7, 11) is -0.633. The summed E-state index contributed by atoms with van der Waals surface area (Å²) in [6, 6.07) is 21.0. The second kappa shape index (κ2) is 7.07. The first-order valence-corrected chi connectivity index (χ1v) is 8.09. The van der Waals surface area contributed by atoms with Gasteiger partial charge in [-0.05, 0) is 30.5 Å². The largest absolute Gasteiger partial charge is 0.417 e. The van der Waals surface area contributed by atoms with Crippen LogP contribution < -0.4 is 0 Å². The van der Waals surface area contributed by atoms with Crippen LogP contribution in [0.2, 0.25) is 0 Å². The normalized spacial score (nSPS) is 11.1. The van der Waals surface area contributed by atoms with Gasteiger partial charge in [-0.25, -0.2) is 0 Å². The molecule has 0 aromatic heterocycles. The fraction of sp³-hybridized carbons (Fsp3) is 0.176. The molecule has 2 aromatic rings. The SMILES string of the molecule is CC(C)O[SiH2]C=C(c1ccccc1)c1ccccc1. The zero-order valence-corrected chi connectivity index (χ0v) is 13.0. The monoisotopic (exact) mass is 268 g/mol. The third-order valence-corrected chi connectivity index (χ3v) is 4.32. The van der Waals surface area contributed by atoms with E-state index in [2.05, 4.69) is 68.1 Å². The Morgan fingerprint density at radius 1 is 0.895 bits per heavy atom. The highest BCUT2D eigenvalue weighted by atomic mass is 28.2. The van der Waals surface area contributed by atoms with E-state index in [1.165, 1.54) is 16.7 Å². The van der Waals surface area contributed by atoms with E-state index in [1.54, 1.807) is 0 Å². The van der Waals surface area contributed by atoms with Crippen LogP contribution in [-0.2, 0) is 4.43 Å². The fourth-order valence-electron chi connectivity index (χ4n) is 1.96. The minimum Gasteiger partial charge on any atom is -0.417 e. The standard InChI is InChI=1S/C17H20OSi/c1-14(2)18-19-13-17(15-9-5-3-6-10-15)16-11-7-4-8-12-16/h3-14H,19H2,1-2H3. The van der Waals surface area contributed by atoms with E-state index < -0.39 is 9.76 Å². The summed E-state index contributed by atoms with van der Waals surface area (Å²) < 4.78 is 5.78. The molecular weight excluding hydrogens is 248 g/mol. The van der Waals surface area contributed by atoms with Crippen LogP contribution in [0.15, 0.2) is 66.4 Å². The van der Waals surface area contributed by atoms with Crippen LogP contribution in [0.3, 0.4) is 0 Å². The molecule has 0 saturated heterocycles. The Hall–Kier alpha value is -1.64. The number of hydrogen-bond acceptors (Lipinski definition) is 1. The van der Waals surface area contributed by atoms with Crippen LogP contribution in [0.5, 0.6) is 0 Å². The van der Waals surface area contributed by atoms with Crippen LogP contribution >= 0.6 is 0 Å². The minimum atomic E-state index is -0.633. The van der Waals surface area contributed by atoms with Gasteiger partial charge in [0.25, 0.3) is 0 Å². The Kier molecular flexibility index (Phi) is 5.13. The van der Waals surface area contributed by atoms with Crippen LogP contribution in [0, 0.1) is 0 Å². The molecule has 2 heteroatoms. The molecule has 0 bridgehead atoms. The van der Waals surface area contributed by atoms with Crippen molar-refractivity contribution in [2.45, 2.75) is 20.0 Å². The molecule has 0 unspecified atom stereocenters. The smallest absolute Gasteiger partial charge is 0.186 e. The van der Waals surface area contributed by atoms with Crippen molar-refractivity contribution in [1.82, 2.24) is 0 Å². The lowest BCUT2D eigenvalue weighted by atomic mass is 10.00. The second-order valence-corrected chi connectivity index (χ2v) is 5.81. The van der Waals surface area contributed by atoms with E-state index in [0.29, 0.717) is 6.10 Å². The highest BCUT2D eigenvalue weighted by Gasteiger charge is 2.04. The predicted molar refractivity (Wildman–Crippen MR) is 84.7 cm³/mol. The third-order valence-electron chi connectivity index (χ3n) is 2.89. The van der Waals surface area contributed by atoms with Gasteiger partial charge < -0.3 is 4.43 Å². The lowest BCUT2D eigenvalue weighted by Gasteiger charge is -2.10. The van der Waals surface area contributed by atoms with E-state index in [9.17, 15) is 0 Å². The molecule has 2 aromatic carbocycles. The first-order chi connectivity index (χ1) is 9.27. The maximum atomic E-state index is 5.78. The molecular formula is C17H20OSi. The molecule has 0 aliphatic heterocycles. The van der Waals surface area contributed by atoms with Crippen LogP contribution in [0.25, 0.3) is 5.57 Å². The van der Waals surface area contributed by atoms with Crippen molar-refractivity contribution < 1.29 is 4.43 Å². The summed E-state index contributed by atoms with van der Waals surface area (Å²) in [6.45, 7) is 4.18. The predicted octanol–water partition coefficient (Wildman–Crippen LogP) is 3.58. The molecule has 0 heterocycles. The first kappa shape index (κ1) is 13.8. The van der Waals surface area contributed by atoms with Crippen molar-refractivity contribution in [2.24, 2.45) is 0 Å². The van der Waals surface area contributed by atoms with Crippen molar-refractivity contribution in [3.05, 3.63) is 77.5 Å². The highest BCUT2D eigenvalue weighted by Crippen LogP contribution is 2.22.